The van der Waals surface area contributed by atoms with Crippen molar-refractivity contribution in [2.75, 3.05) is 5.32 Å². The molecule has 6 heteroatoms. The highest BCUT2D eigenvalue weighted by Gasteiger charge is 2.19. The molecule has 2 N–H and O–H groups in total. The quantitative estimate of drug-likeness (QED) is 0.870. The molecule has 0 bridgehead atoms. The minimum absolute atomic E-state index is 0.0924. The average Bonchev–Trinajstić information content (AvgIpc) is 2.75. The van der Waals surface area contributed by atoms with Gasteiger partial charge < -0.3 is 5.32 Å². The molecule has 0 radical (unpaired) electrons. The van der Waals surface area contributed by atoms with Crippen molar-refractivity contribution in [1.29, 1.82) is 0 Å². The van der Waals surface area contributed by atoms with Crippen molar-refractivity contribution in [3.8, 4) is 0 Å². The van der Waals surface area contributed by atoms with Gasteiger partial charge in [0.15, 0.2) is 5.69 Å². The van der Waals surface area contributed by atoms with E-state index in [-0.39, 0.29) is 11.3 Å². The minimum Gasteiger partial charge on any atom is -0.320 e. The van der Waals surface area contributed by atoms with Crippen LogP contribution in [-0.2, 0) is 5.41 Å². The third kappa shape index (κ3) is 3.52. The maximum Gasteiger partial charge on any atom is 0.276 e. The first kappa shape index (κ1) is 14.9. The maximum atomic E-state index is 12.1. The second-order valence-corrected chi connectivity index (χ2v) is 6.40. The Kier molecular flexibility index (Phi) is 4.06. The Labute approximate surface area is 127 Å². The van der Waals surface area contributed by atoms with E-state index in [0.29, 0.717) is 21.4 Å². The van der Waals surface area contributed by atoms with Gasteiger partial charge in [0.2, 0.25) is 0 Å². The smallest absolute Gasteiger partial charge is 0.276 e. The zero-order chi connectivity index (χ0) is 14.9. The van der Waals surface area contributed by atoms with E-state index in [9.17, 15) is 4.79 Å². The molecule has 1 aromatic carbocycles. The Bertz CT molecular complexity index is 624. The number of nitrogens with zero attached hydrogens (tertiary/aromatic N) is 1. The van der Waals surface area contributed by atoms with E-state index < -0.39 is 0 Å². The van der Waals surface area contributed by atoms with Crippen LogP contribution in [0.25, 0.3) is 0 Å². The number of aromatic amines is 1. The van der Waals surface area contributed by atoms with Crippen LogP contribution in [0.4, 0.5) is 5.69 Å². The zero-order valence-corrected chi connectivity index (χ0v) is 12.9. The van der Waals surface area contributed by atoms with Gasteiger partial charge in [0.25, 0.3) is 5.91 Å². The number of benzene rings is 1. The highest BCUT2D eigenvalue weighted by Crippen LogP contribution is 2.24. The van der Waals surface area contributed by atoms with E-state index in [1.165, 1.54) is 0 Å². The molecule has 1 heterocycles. The van der Waals surface area contributed by atoms with Gasteiger partial charge in [0, 0.05) is 26.8 Å². The predicted molar refractivity (Wildman–Crippen MR) is 81.7 cm³/mol. The molecule has 1 aromatic heterocycles. The Hall–Kier alpha value is -1.52. The van der Waals surface area contributed by atoms with Crippen LogP contribution in [0.5, 0.6) is 0 Å². The molecule has 0 spiro atoms. The molecule has 1 amide bonds. The van der Waals surface area contributed by atoms with Crippen LogP contribution in [0.3, 0.4) is 0 Å². The lowest BCUT2D eigenvalue weighted by molar-refractivity contribution is 0.102. The standard InChI is InChI=1S/C14H15Cl2N3O/c1-14(2,3)12-7-11(18-19-12)13(20)17-10-5-8(15)4-9(16)6-10/h4-7H,1-3H3,(H,17,20)(H,18,19). The normalized spacial score (nSPS) is 11.4. The van der Waals surface area contributed by atoms with Crippen molar-refractivity contribution in [3.05, 3.63) is 45.7 Å². The molecule has 0 aliphatic carbocycles. The van der Waals surface area contributed by atoms with Crippen LogP contribution < -0.4 is 5.32 Å². The van der Waals surface area contributed by atoms with E-state index in [2.05, 4.69) is 15.5 Å². The highest BCUT2D eigenvalue weighted by molar-refractivity contribution is 6.35. The van der Waals surface area contributed by atoms with E-state index in [4.69, 9.17) is 23.2 Å². The topological polar surface area (TPSA) is 57.8 Å². The number of aromatic nitrogens is 2. The molecule has 20 heavy (non-hydrogen) atoms. The Morgan fingerprint density at radius 1 is 1.15 bits per heavy atom. The predicted octanol–water partition coefficient (Wildman–Crippen LogP) is 4.27. The van der Waals surface area contributed by atoms with E-state index >= 15 is 0 Å². The fourth-order valence-electron chi connectivity index (χ4n) is 1.64. The molecular weight excluding hydrogens is 297 g/mol. The van der Waals surface area contributed by atoms with Gasteiger partial charge in [0.05, 0.1) is 0 Å². The summed E-state index contributed by atoms with van der Waals surface area (Å²) in [5.41, 5.74) is 1.66. The van der Waals surface area contributed by atoms with Gasteiger partial charge in [-0.15, -0.1) is 0 Å². The van der Waals surface area contributed by atoms with Crippen molar-refractivity contribution in [2.24, 2.45) is 0 Å². The SMILES string of the molecule is CC(C)(C)c1cc(C(=O)Nc2cc(Cl)cc(Cl)c2)n[nH]1. The fourth-order valence-corrected chi connectivity index (χ4v) is 2.17. The fraction of sp³-hybridized carbons (Fsp3) is 0.286. The first-order valence-electron chi connectivity index (χ1n) is 6.09. The van der Waals surface area contributed by atoms with Gasteiger partial charge in [0.1, 0.15) is 0 Å². The number of rotatable bonds is 2. The molecule has 0 aliphatic rings. The average molecular weight is 312 g/mol. The van der Waals surface area contributed by atoms with E-state index in [0.717, 1.165) is 5.69 Å². The molecule has 0 saturated carbocycles. The Balaban J connectivity index is 2.18. The summed E-state index contributed by atoms with van der Waals surface area (Å²) in [6.07, 6.45) is 0. The van der Waals surface area contributed by atoms with Crippen molar-refractivity contribution in [3.63, 3.8) is 0 Å². The first-order chi connectivity index (χ1) is 9.25. The van der Waals surface area contributed by atoms with Gasteiger partial charge in [-0.3, -0.25) is 9.89 Å². The minimum atomic E-state index is -0.310. The highest BCUT2D eigenvalue weighted by atomic mass is 35.5. The zero-order valence-electron chi connectivity index (χ0n) is 11.4. The van der Waals surface area contributed by atoms with Crippen molar-refractivity contribution < 1.29 is 4.79 Å². The molecule has 106 valence electrons. The summed E-state index contributed by atoms with van der Waals surface area (Å²) in [7, 11) is 0. The van der Waals surface area contributed by atoms with Gasteiger partial charge in [-0.05, 0) is 24.3 Å². The van der Waals surface area contributed by atoms with Crippen LogP contribution in [-0.4, -0.2) is 16.1 Å². The largest absolute Gasteiger partial charge is 0.320 e. The molecule has 0 saturated heterocycles. The van der Waals surface area contributed by atoms with E-state index in [1.807, 2.05) is 20.8 Å². The van der Waals surface area contributed by atoms with Crippen molar-refractivity contribution in [1.82, 2.24) is 10.2 Å². The molecule has 0 fully saturated rings. The van der Waals surface area contributed by atoms with Gasteiger partial charge in [-0.1, -0.05) is 44.0 Å². The van der Waals surface area contributed by atoms with Gasteiger partial charge >= 0.3 is 0 Å². The number of H-pyrrole nitrogens is 1. The van der Waals surface area contributed by atoms with Crippen LogP contribution in [0.2, 0.25) is 10.0 Å². The summed E-state index contributed by atoms with van der Waals surface area (Å²) in [6.45, 7) is 6.12. The molecule has 2 rings (SSSR count). The van der Waals surface area contributed by atoms with Crippen LogP contribution >= 0.6 is 23.2 Å². The number of carbonyl (C=O) groups is 1. The van der Waals surface area contributed by atoms with Crippen LogP contribution in [0, 0.1) is 0 Å². The lowest BCUT2D eigenvalue weighted by Crippen LogP contribution is -2.13. The lowest BCUT2D eigenvalue weighted by atomic mass is 9.92. The van der Waals surface area contributed by atoms with Crippen molar-refractivity contribution >= 4 is 34.8 Å². The monoisotopic (exact) mass is 311 g/mol. The summed E-state index contributed by atoms with van der Waals surface area (Å²) in [5, 5.41) is 10.5. The van der Waals surface area contributed by atoms with Crippen LogP contribution in [0.1, 0.15) is 37.0 Å². The number of carbonyl (C=O) groups excluding carboxylic acids is 1. The van der Waals surface area contributed by atoms with Crippen molar-refractivity contribution in [2.45, 2.75) is 26.2 Å². The molecule has 0 unspecified atom stereocenters. The molecule has 0 aliphatic heterocycles. The third-order valence-corrected chi connectivity index (χ3v) is 3.18. The first-order valence-corrected chi connectivity index (χ1v) is 6.84. The number of hydrogen-bond acceptors (Lipinski definition) is 2. The number of anilines is 1. The third-order valence-electron chi connectivity index (χ3n) is 2.74. The molecule has 2 aromatic rings. The lowest BCUT2D eigenvalue weighted by Gasteiger charge is -2.14. The number of halogens is 2. The molecule has 4 nitrogen and oxygen atoms in total. The molecular formula is C14H15Cl2N3O. The summed E-state index contributed by atoms with van der Waals surface area (Å²) in [5.74, 6) is -0.310. The second-order valence-electron chi connectivity index (χ2n) is 5.53. The number of amides is 1. The number of nitrogens with one attached hydrogen (secondary N) is 2. The summed E-state index contributed by atoms with van der Waals surface area (Å²) in [6, 6.07) is 6.60. The Morgan fingerprint density at radius 3 is 2.25 bits per heavy atom. The maximum absolute atomic E-state index is 12.1. The van der Waals surface area contributed by atoms with Crippen LogP contribution in [0.15, 0.2) is 24.3 Å². The summed E-state index contributed by atoms with van der Waals surface area (Å²) in [4.78, 5) is 12.1. The molecule has 0 atom stereocenters. The van der Waals surface area contributed by atoms with E-state index in [1.54, 1.807) is 24.3 Å². The second kappa shape index (κ2) is 5.46. The van der Waals surface area contributed by atoms with Gasteiger partial charge in [-0.25, -0.2) is 0 Å². The summed E-state index contributed by atoms with van der Waals surface area (Å²) < 4.78 is 0. The number of hydrogen-bond donors (Lipinski definition) is 2. The Morgan fingerprint density at radius 2 is 1.75 bits per heavy atom. The van der Waals surface area contributed by atoms with Gasteiger partial charge in [-0.2, -0.15) is 5.10 Å². The summed E-state index contributed by atoms with van der Waals surface area (Å²) >= 11 is 11.8.